The highest BCUT2D eigenvalue weighted by molar-refractivity contribution is 5.29. The van der Waals surface area contributed by atoms with Gasteiger partial charge in [-0.15, -0.1) is 0 Å². The van der Waals surface area contributed by atoms with Crippen LogP contribution in [0.15, 0.2) is 18.2 Å². The Morgan fingerprint density at radius 3 is 2.44 bits per heavy atom. The van der Waals surface area contributed by atoms with Crippen molar-refractivity contribution in [2.45, 2.75) is 26.1 Å². The maximum Gasteiger partial charge on any atom is 0.419 e. The second-order valence-corrected chi connectivity index (χ2v) is 3.52. The second-order valence-electron chi connectivity index (χ2n) is 3.52. The molecule has 0 radical (unpaired) electrons. The molecule has 0 saturated carbocycles. The van der Waals surface area contributed by atoms with E-state index in [4.69, 9.17) is 0 Å². The lowest BCUT2D eigenvalue weighted by Gasteiger charge is -2.15. The maximum atomic E-state index is 13.0. The molecule has 0 bridgehead atoms. The minimum Gasteiger partial charge on any atom is -0.310 e. The third-order valence-corrected chi connectivity index (χ3v) is 2.31. The minimum atomic E-state index is -4.65. The molecule has 0 amide bonds. The van der Waals surface area contributed by atoms with E-state index in [-0.39, 0.29) is 6.04 Å². The second kappa shape index (κ2) is 4.82. The molecule has 0 aliphatic heterocycles. The zero-order chi connectivity index (χ0) is 12.3. The maximum absolute atomic E-state index is 13.0. The topological polar surface area (TPSA) is 12.0 Å². The molecule has 0 heterocycles. The number of rotatable bonds is 3. The molecule has 1 nitrogen and oxygen atoms in total. The summed E-state index contributed by atoms with van der Waals surface area (Å²) in [4.78, 5) is 0. The lowest BCUT2D eigenvalue weighted by atomic mass is 10.0. The van der Waals surface area contributed by atoms with Crippen LogP contribution in [0.1, 0.15) is 31.0 Å². The lowest BCUT2D eigenvalue weighted by Crippen LogP contribution is -2.19. The van der Waals surface area contributed by atoms with E-state index in [0.717, 1.165) is 12.1 Å². The van der Waals surface area contributed by atoms with Crippen molar-refractivity contribution in [3.8, 4) is 0 Å². The summed E-state index contributed by atoms with van der Waals surface area (Å²) in [5.41, 5.74) is -0.787. The van der Waals surface area contributed by atoms with Crippen LogP contribution in [0.3, 0.4) is 0 Å². The molecule has 1 unspecified atom stereocenters. The molecule has 0 saturated heterocycles. The van der Waals surface area contributed by atoms with Gasteiger partial charge in [-0.25, -0.2) is 4.39 Å². The number of hydrogen-bond acceptors (Lipinski definition) is 1. The molecule has 0 aliphatic carbocycles. The molecule has 0 aliphatic rings. The van der Waals surface area contributed by atoms with E-state index in [1.54, 1.807) is 6.92 Å². The highest BCUT2D eigenvalue weighted by Gasteiger charge is 2.34. The Kier molecular flexibility index (Phi) is 3.91. The van der Waals surface area contributed by atoms with Crippen LogP contribution in [0.25, 0.3) is 0 Å². The van der Waals surface area contributed by atoms with E-state index < -0.39 is 17.6 Å². The molecule has 90 valence electrons. The number of alkyl halides is 3. The van der Waals surface area contributed by atoms with Gasteiger partial charge in [-0.05, 0) is 31.2 Å². The lowest BCUT2D eigenvalue weighted by molar-refractivity contribution is -0.140. The van der Waals surface area contributed by atoms with Crippen LogP contribution in [0.5, 0.6) is 0 Å². The predicted molar refractivity (Wildman–Crippen MR) is 53.5 cm³/mol. The molecule has 1 aromatic rings. The first-order valence-electron chi connectivity index (χ1n) is 4.96. The van der Waals surface area contributed by atoms with Gasteiger partial charge in [-0.1, -0.05) is 13.0 Å². The smallest absolute Gasteiger partial charge is 0.310 e. The summed E-state index contributed by atoms with van der Waals surface area (Å²) in [6, 6.07) is 2.83. The number of nitrogens with one attached hydrogen (secondary N) is 1. The van der Waals surface area contributed by atoms with Crippen molar-refractivity contribution < 1.29 is 17.6 Å². The fraction of sp³-hybridized carbons (Fsp3) is 0.455. The molecule has 16 heavy (non-hydrogen) atoms. The van der Waals surface area contributed by atoms with Crippen molar-refractivity contribution in [2.75, 3.05) is 6.54 Å². The van der Waals surface area contributed by atoms with Crippen LogP contribution in [-0.2, 0) is 6.18 Å². The summed E-state index contributed by atoms with van der Waals surface area (Å²) < 4.78 is 50.2. The summed E-state index contributed by atoms with van der Waals surface area (Å²) >= 11 is 0. The molecule has 0 aromatic heterocycles. The Labute approximate surface area is 91.5 Å². The van der Waals surface area contributed by atoms with Crippen molar-refractivity contribution in [1.82, 2.24) is 5.32 Å². The Balaban J connectivity index is 3.07. The van der Waals surface area contributed by atoms with Crippen LogP contribution < -0.4 is 5.32 Å². The zero-order valence-corrected chi connectivity index (χ0v) is 9.03. The molecule has 0 spiro atoms. The summed E-state index contributed by atoms with van der Waals surface area (Å²) in [7, 11) is 0. The van der Waals surface area contributed by atoms with E-state index in [9.17, 15) is 17.6 Å². The third-order valence-electron chi connectivity index (χ3n) is 2.31. The first kappa shape index (κ1) is 13.0. The summed E-state index contributed by atoms with van der Waals surface area (Å²) in [5, 5.41) is 2.97. The Morgan fingerprint density at radius 1 is 1.31 bits per heavy atom. The van der Waals surface area contributed by atoms with Crippen LogP contribution >= 0.6 is 0 Å². The molecular formula is C11H13F4N. The number of hydrogen-bond donors (Lipinski definition) is 1. The third kappa shape index (κ3) is 2.95. The fourth-order valence-corrected chi connectivity index (χ4v) is 1.45. The van der Waals surface area contributed by atoms with Gasteiger partial charge in [0.15, 0.2) is 0 Å². The average molecular weight is 235 g/mol. The standard InChI is InChI=1S/C11H13F4N/c1-3-16-7(2)8-4-5-10(12)9(6-8)11(13,14)15/h4-7,16H,3H2,1-2H3. The highest BCUT2D eigenvalue weighted by Crippen LogP contribution is 2.32. The van der Waals surface area contributed by atoms with Crippen molar-refractivity contribution in [2.24, 2.45) is 0 Å². The van der Waals surface area contributed by atoms with Gasteiger partial charge in [-0.2, -0.15) is 13.2 Å². The first-order chi connectivity index (χ1) is 7.36. The molecular weight excluding hydrogens is 222 g/mol. The highest BCUT2D eigenvalue weighted by atomic mass is 19.4. The van der Waals surface area contributed by atoms with Gasteiger partial charge in [0.2, 0.25) is 0 Å². The Morgan fingerprint density at radius 2 is 1.94 bits per heavy atom. The molecule has 1 N–H and O–H groups in total. The Hall–Kier alpha value is -1.10. The van der Waals surface area contributed by atoms with Crippen molar-refractivity contribution >= 4 is 0 Å². The fourth-order valence-electron chi connectivity index (χ4n) is 1.45. The van der Waals surface area contributed by atoms with Gasteiger partial charge in [0.05, 0.1) is 5.56 Å². The molecule has 1 rings (SSSR count). The number of benzene rings is 1. The van der Waals surface area contributed by atoms with Gasteiger partial charge in [0.25, 0.3) is 0 Å². The first-order valence-corrected chi connectivity index (χ1v) is 4.96. The monoisotopic (exact) mass is 235 g/mol. The predicted octanol–water partition coefficient (Wildman–Crippen LogP) is 3.52. The normalized spacial score (nSPS) is 13.9. The van der Waals surface area contributed by atoms with Crippen LogP contribution in [0.4, 0.5) is 17.6 Å². The molecule has 5 heteroatoms. The SMILES string of the molecule is CCNC(C)c1ccc(F)c(C(F)(F)F)c1. The van der Waals surface area contributed by atoms with Gasteiger partial charge in [0.1, 0.15) is 5.82 Å². The van der Waals surface area contributed by atoms with Crippen LogP contribution in [0.2, 0.25) is 0 Å². The van der Waals surface area contributed by atoms with Gasteiger partial charge in [-0.3, -0.25) is 0 Å². The van der Waals surface area contributed by atoms with Crippen LogP contribution in [0, 0.1) is 5.82 Å². The summed E-state index contributed by atoms with van der Waals surface area (Å²) in [6.07, 6.45) is -4.65. The average Bonchev–Trinajstić information content (AvgIpc) is 2.16. The zero-order valence-electron chi connectivity index (χ0n) is 9.03. The van der Waals surface area contributed by atoms with E-state index in [0.29, 0.717) is 12.1 Å². The van der Waals surface area contributed by atoms with Gasteiger partial charge in [0, 0.05) is 6.04 Å². The van der Waals surface area contributed by atoms with Crippen molar-refractivity contribution in [3.05, 3.63) is 35.1 Å². The Bertz CT molecular complexity index is 359. The van der Waals surface area contributed by atoms with E-state index in [2.05, 4.69) is 5.32 Å². The molecule has 0 fully saturated rings. The van der Waals surface area contributed by atoms with Crippen LogP contribution in [-0.4, -0.2) is 6.54 Å². The largest absolute Gasteiger partial charge is 0.419 e. The van der Waals surface area contributed by atoms with Gasteiger partial charge < -0.3 is 5.32 Å². The summed E-state index contributed by atoms with van der Waals surface area (Å²) in [6.45, 7) is 4.22. The summed E-state index contributed by atoms with van der Waals surface area (Å²) in [5.74, 6) is -1.24. The van der Waals surface area contributed by atoms with Gasteiger partial charge >= 0.3 is 6.18 Å². The molecule has 1 aromatic carbocycles. The van der Waals surface area contributed by atoms with Crippen molar-refractivity contribution in [3.63, 3.8) is 0 Å². The van der Waals surface area contributed by atoms with E-state index >= 15 is 0 Å². The van der Waals surface area contributed by atoms with E-state index in [1.165, 1.54) is 6.07 Å². The van der Waals surface area contributed by atoms with E-state index in [1.807, 2.05) is 6.92 Å². The molecule has 1 atom stereocenters. The van der Waals surface area contributed by atoms with Crippen molar-refractivity contribution in [1.29, 1.82) is 0 Å². The minimum absolute atomic E-state index is 0.230. The quantitative estimate of drug-likeness (QED) is 0.790. The number of halogens is 4.